The van der Waals surface area contributed by atoms with Crippen molar-refractivity contribution in [1.82, 2.24) is 15.0 Å². The lowest BCUT2D eigenvalue weighted by atomic mass is 9.94. The Kier molecular flexibility index (Phi) is 3.90. The van der Waals surface area contributed by atoms with Gasteiger partial charge in [0.1, 0.15) is 0 Å². The van der Waals surface area contributed by atoms with Gasteiger partial charge in [-0.25, -0.2) is 0 Å². The van der Waals surface area contributed by atoms with E-state index in [1.165, 1.54) is 25.9 Å². The van der Waals surface area contributed by atoms with Crippen LogP contribution in [0.1, 0.15) is 24.6 Å². The highest BCUT2D eigenvalue weighted by atomic mass is 16.5. The smallest absolute Gasteiger partial charge is 0.226 e. The molecule has 5 heteroatoms. The molecule has 2 heterocycles. The lowest BCUT2D eigenvalue weighted by molar-refractivity contribution is 0.208. The van der Waals surface area contributed by atoms with Crippen molar-refractivity contribution in [3.63, 3.8) is 0 Å². The fourth-order valence-electron chi connectivity index (χ4n) is 2.12. The predicted molar refractivity (Wildman–Crippen MR) is 61.0 cm³/mol. The summed E-state index contributed by atoms with van der Waals surface area (Å²) in [7, 11) is 2.17. The van der Waals surface area contributed by atoms with E-state index >= 15 is 0 Å². The van der Waals surface area contributed by atoms with Crippen LogP contribution in [0, 0.1) is 5.92 Å². The van der Waals surface area contributed by atoms with E-state index in [2.05, 4.69) is 22.1 Å². The predicted octanol–water partition coefficient (Wildman–Crippen LogP) is 0.455. The van der Waals surface area contributed by atoms with E-state index < -0.39 is 0 Å². The Bertz CT molecular complexity index is 318. The first kappa shape index (κ1) is 11.5. The van der Waals surface area contributed by atoms with Crippen LogP contribution in [-0.4, -0.2) is 41.7 Å². The molecule has 0 radical (unpaired) electrons. The maximum atomic E-state index is 5.44. The van der Waals surface area contributed by atoms with Gasteiger partial charge in [-0.2, -0.15) is 4.98 Å². The van der Waals surface area contributed by atoms with Gasteiger partial charge in [-0.1, -0.05) is 5.16 Å². The molecule has 90 valence electrons. The molecule has 0 aliphatic carbocycles. The van der Waals surface area contributed by atoms with Crippen LogP contribution in [0.2, 0.25) is 0 Å². The third-order valence-corrected chi connectivity index (χ3v) is 3.18. The van der Waals surface area contributed by atoms with Crippen molar-refractivity contribution in [2.45, 2.75) is 25.7 Å². The normalized spacial score (nSPS) is 19.1. The molecule has 1 aromatic heterocycles. The quantitative estimate of drug-likeness (QED) is 0.804. The van der Waals surface area contributed by atoms with Crippen LogP contribution in [0.15, 0.2) is 4.52 Å². The van der Waals surface area contributed by atoms with E-state index in [-0.39, 0.29) is 0 Å². The Balaban J connectivity index is 1.83. The van der Waals surface area contributed by atoms with Crippen LogP contribution >= 0.6 is 0 Å². The van der Waals surface area contributed by atoms with Crippen molar-refractivity contribution in [3.8, 4) is 0 Å². The minimum absolute atomic E-state index is 0.577. The zero-order chi connectivity index (χ0) is 11.4. The second-order valence-electron chi connectivity index (χ2n) is 4.59. The summed E-state index contributed by atoms with van der Waals surface area (Å²) < 4.78 is 5.22. The molecule has 0 unspecified atom stereocenters. The molecule has 0 amide bonds. The van der Waals surface area contributed by atoms with Crippen molar-refractivity contribution in [2.24, 2.45) is 11.7 Å². The monoisotopic (exact) mass is 224 g/mol. The molecule has 1 aliphatic rings. The number of nitrogens with zero attached hydrogens (tertiary/aromatic N) is 3. The Labute approximate surface area is 96.0 Å². The minimum atomic E-state index is 0.577. The Hall–Kier alpha value is -0.940. The van der Waals surface area contributed by atoms with E-state index in [1.54, 1.807) is 0 Å². The third-order valence-electron chi connectivity index (χ3n) is 3.18. The fraction of sp³-hybridized carbons (Fsp3) is 0.818. The average Bonchev–Trinajstić information content (AvgIpc) is 2.70. The number of piperidine rings is 1. The standard InChI is InChI=1S/C11H20N4O/c1-15-6-3-9(4-7-15)8-11-13-10(2-5-12)14-16-11/h9H,2-8,12H2,1H3. The van der Waals surface area contributed by atoms with E-state index in [0.717, 1.165) is 18.1 Å². The van der Waals surface area contributed by atoms with Crippen molar-refractivity contribution in [1.29, 1.82) is 0 Å². The van der Waals surface area contributed by atoms with Gasteiger partial charge in [0.25, 0.3) is 0 Å². The highest BCUT2D eigenvalue weighted by Gasteiger charge is 2.19. The number of likely N-dealkylation sites (tertiary alicyclic amines) is 1. The first-order valence-electron chi connectivity index (χ1n) is 5.98. The van der Waals surface area contributed by atoms with Crippen LogP contribution in [0.5, 0.6) is 0 Å². The second kappa shape index (κ2) is 5.41. The second-order valence-corrected chi connectivity index (χ2v) is 4.59. The molecule has 1 saturated heterocycles. The van der Waals surface area contributed by atoms with Gasteiger partial charge in [0.05, 0.1) is 0 Å². The van der Waals surface area contributed by atoms with Crippen LogP contribution in [0.4, 0.5) is 0 Å². The molecule has 16 heavy (non-hydrogen) atoms. The number of nitrogens with two attached hydrogens (primary N) is 1. The molecule has 1 aliphatic heterocycles. The van der Waals surface area contributed by atoms with Crippen molar-refractivity contribution in [3.05, 3.63) is 11.7 Å². The molecule has 2 N–H and O–H groups in total. The SMILES string of the molecule is CN1CCC(Cc2nc(CCN)no2)CC1. The molecule has 0 aromatic carbocycles. The fourth-order valence-corrected chi connectivity index (χ4v) is 2.12. The van der Waals surface area contributed by atoms with Gasteiger partial charge in [-0.05, 0) is 45.4 Å². The van der Waals surface area contributed by atoms with Gasteiger partial charge < -0.3 is 15.2 Å². The van der Waals surface area contributed by atoms with Gasteiger partial charge in [0, 0.05) is 12.8 Å². The number of hydrogen-bond acceptors (Lipinski definition) is 5. The Morgan fingerprint density at radius 2 is 2.19 bits per heavy atom. The summed E-state index contributed by atoms with van der Waals surface area (Å²) >= 11 is 0. The maximum absolute atomic E-state index is 5.44. The van der Waals surface area contributed by atoms with Crippen molar-refractivity contribution >= 4 is 0 Å². The summed E-state index contributed by atoms with van der Waals surface area (Å²) in [4.78, 5) is 6.71. The Morgan fingerprint density at radius 1 is 1.44 bits per heavy atom. The van der Waals surface area contributed by atoms with E-state index in [1.807, 2.05) is 0 Å². The molecule has 5 nitrogen and oxygen atoms in total. The van der Waals surface area contributed by atoms with Crippen LogP contribution < -0.4 is 5.73 Å². The molecule has 2 rings (SSSR count). The number of hydrogen-bond donors (Lipinski definition) is 1. The molecule has 0 bridgehead atoms. The first-order chi connectivity index (χ1) is 7.78. The third kappa shape index (κ3) is 3.02. The zero-order valence-corrected chi connectivity index (χ0v) is 9.85. The highest BCUT2D eigenvalue weighted by molar-refractivity contribution is 4.89. The summed E-state index contributed by atoms with van der Waals surface area (Å²) in [6.07, 6.45) is 4.08. The zero-order valence-electron chi connectivity index (χ0n) is 9.85. The highest BCUT2D eigenvalue weighted by Crippen LogP contribution is 2.19. The van der Waals surface area contributed by atoms with Gasteiger partial charge >= 0.3 is 0 Å². The molecule has 0 saturated carbocycles. The first-order valence-corrected chi connectivity index (χ1v) is 5.98. The van der Waals surface area contributed by atoms with Crippen LogP contribution in [-0.2, 0) is 12.8 Å². The van der Waals surface area contributed by atoms with Crippen molar-refractivity contribution in [2.75, 3.05) is 26.7 Å². The van der Waals surface area contributed by atoms with E-state index in [9.17, 15) is 0 Å². The van der Waals surface area contributed by atoms with Crippen molar-refractivity contribution < 1.29 is 4.52 Å². The van der Waals surface area contributed by atoms with Gasteiger partial charge in [0.15, 0.2) is 5.82 Å². The average molecular weight is 224 g/mol. The molecule has 0 spiro atoms. The molecular weight excluding hydrogens is 204 g/mol. The van der Waals surface area contributed by atoms with Crippen LogP contribution in [0.25, 0.3) is 0 Å². The number of aromatic nitrogens is 2. The van der Waals surface area contributed by atoms with E-state index in [4.69, 9.17) is 10.3 Å². The summed E-state index contributed by atoms with van der Waals surface area (Å²) in [5.41, 5.74) is 5.44. The Morgan fingerprint density at radius 3 is 2.88 bits per heavy atom. The van der Waals surface area contributed by atoms with Gasteiger partial charge in [-0.3, -0.25) is 0 Å². The largest absolute Gasteiger partial charge is 0.339 e. The van der Waals surface area contributed by atoms with Gasteiger partial charge in [0.2, 0.25) is 5.89 Å². The summed E-state index contributed by atoms with van der Waals surface area (Å²) in [6, 6.07) is 0. The lowest BCUT2D eigenvalue weighted by Gasteiger charge is -2.27. The van der Waals surface area contributed by atoms with Crippen LogP contribution in [0.3, 0.4) is 0 Å². The molecular formula is C11H20N4O. The topological polar surface area (TPSA) is 68.2 Å². The summed E-state index contributed by atoms with van der Waals surface area (Å²) in [6.45, 7) is 2.93. The molecule has 1 aromatic rings. The maximum Gasteiger partial charge on any atom is 0.226 e. The minimum Gasteiger partial charge on any atom is -0.339 e. The molecule has 0 atom stereocenters. The lowest BCUT2D eigenvalue weighted by Crippen LogP contribution is -2.31. The van der Waals surface area contributed by atoms with Gasteiger partial charge in [-0.15, -0.1) is 0 Å². The molecule has 1 fully saturated rings. The number of rotatable bonds is 4. The summed E-state index contributed by atoms with van der Waals surface area (Å²) in [5, 5.41) is 3.91. The van der Waals surface area contributed by atoms with E-state index in [0.29, 0.717) is 18.9 Å². The summed E-state index contributed by atoms with van der Waals surface area (Å²) in [5.74, 6) is 2.21.